The maximum Gasteiger partial charge on any atom is 0.338 e. The van der Waals surface area contributed by atoms with Gasteiger partial charge in [0, 0.05) is 30.0 Å². The van der Waals surface area contributed by atoms with Crippen LogP contribution in [0.4, 0.5) is 5.69 Å². The first-order valence-electron chi connectivity index (χ1n) is 16.2. The minimum absolute atomic E-state index is 0.0178. The molecule has 13 nitrogen and oxygen atoms in total. The smallest absolute Gasteiger partial charge is 0.338 e. The van der Waals surface area contributed by atoms with Crippen molar-refractivity contribution in [1.29, 1.82) is 0 Å². The van der Waals surface area contributed by atoms with E-state index in [4.69, 9.17) is 20.9 Å². The Morgan fingerprint density at radius 2 is 2.00 bits per heavy atom. The molecule has 9 atom stereocenters. The summed E-state index contributed by atoms with van der Waals surface area (Å²) in [5.74, 6) is -0.676. The van der Waals surface area contributed by atoms with Gasteiger partial charge >= 0.3 is 5.97 Å². The molecule has 252 valence electrons. The molecule has 0 aromatic heterocycles. The summed E-state index contributed by atoms with van der Waals surface area (Å²) in [6.07, 6.45) is 8.60. The van der Waals surface area contributed by atoms with Crippen LogP contribution >= 0.6 is 0 Å². The fraction of sp³-hybridized carbons (Fsp3) is 0.559. The van der Waals surface area contributed by atoms with Gasteiger partial charge in [0.25, 0.3) is 0 Å². The molecule has 2 saturated carbocycles. The zero-order valence-corrected chi connectivity index (χ0v) is 27.1. The first-order valence-corrected chi connectivity index (χ1v) is 16.2. The molecule has 1 aromatic rings. The lowest BCUT2D eigenvalue weighted by Crippen LogP contribution is -2.67. The van der Waals surface area contributed by atoms with E-state index in [2.05, 4.69) is 38.6 Å². The third-order valence-electron chi connectivity index (χ3n) is 11.0. The molecule has 0 bridgehead atoms. The Morgan fingerprint density at radius 1 is 1.26 bits per heavy atom. The number of ether oxygens (including phenoxy) is 2. The number of carbonyl (C=O) groups is 2. The third kappa shape index (κ3) is 6.24. The number of nitrogens with zero attached hydrogens (tertiary/aromatic N) is 3. The highest BCUT2D eigenvalue weighted by Gasteiger charge is 2.70. The van der Waals surface area contributed by atoms with Crippen LogP contribution in [-0.4, -0.2) is 89.9 Å². The molecule has 3 fully saturated rings. The number of nitrogens with two attached hydrogens (primary N) is 2. The predicted octanol–water partition coefficient (Wildman–Crippen LogP) is 1.01. The second-order valence-electron chi connectivity index (χ2n) is 14.0. The number of amides is 1. The maximum atomic E-state index is 13.1. The van der Waals surface area contributed by atoms with Crippen molar-refractivity contribution >= 4 is 35.7 Å². The second kappa shape index (κ2) is 12.6. The van der Waals surface area contributed by atoms with Gasteiger partial charge in [0.15, 0.2) is 5.96 Å². The van der Waals surface area contributed by atoms with Crippen molar-refractivity contribution in [1.82, 2.24) is 10.6 Å². The van der Waals surface area contributed by atoms with Gasteiger partial charge in [-0.15, -0.1) is 0 Å². The Hall–Kier alpha value is -3.91. The number of cyclic esters (lactones) is 1. The number of nitrogens with one attached hydrogen (secondary N) is 2. The Bertz CT molecular complexity index is 1550. The Labute approximate surface area is 274 Å². The average molecular weight is 648 g/mol. The number of esters is 1. The molecule has 3 aliphatic heterocycles. The number of epoxide rings is 1. The predicted molar refractivity (Wildman–Crippen MR) is 177 cm³/mol. The minimum Gasteiger partial charge on any atom is -0.454 e. The zero-order chi connectivity index (χ0) is 33.6. The van der Waals surface area contributed by atoms with Crippen molar-refractivity contribution in [2.45, 2.75) is 76.3 Å². The molecule has 6 rings (SSSR count). The molecule has 8 N–H and O–H groups in total. The fourth-order valence-electron chi connectivity index (χ4n) is 8.31. The molecule has 13 heteroatoms. The summed E-state index contributed by atoms with van der Waals surface area (Å²) in [6.45, 7) is 6.68. The van der Waals surface area contributed by atoms with Gasteiger partial charge < -0.3 is 36.5 Å². The van der Waals surface area contributed by atoms with Crippen molar-refractivity contribution in [2.75, 3.05) is 19.8 Å². The van der Waals surface area contributed by atoms with E-state index in [1.54, 1.807) is 25.3 Å². The van der Waals surface area contributed by atoms with Crippen molar-refractivity contribution in [2.24, 2.45) is 49.1 Å². The van der Waals surface area contributed by atoms with E-state index in [0.29, 0.717) is 49.6 Å². The van der Waals surface area contributed by atoms with Crippen molar-refractivity contribution in [3.63, 3.8) is 0 Å². The highest BCUT2D eigenvalue weighted by Crippen LogP contribution is 2.65. The summed E-state index contributed by atoms with van der Waals surface area (Å²) in [5, 5.41) is 28.1. The Kier molecular flexibility index (Phi) is 8.85. The monoisotopic (exact) mass is 647 g/mol. The molecular weight excluding hydrogens is 602 g/mol. The Morgan fingerprint density at radius 3 is 2.64 bits per heavy atom. The van der Waals surface area contributed by atoms with E-state index < -0.39 is 35.2 Å². The first kappa shape index (κ1) is 33.0. The number of aliphatic imine (C=N–C) groups is 3. The van der Waals surface area contributed by atoms with Crippen LogP contribution in [0.15, 0.2) is 63.0 Å². The SMILES string of the molecule is CC(NC1CC2[C@](C)(CC[C@@H](O)[C@@]2(C)CO)C(/C=C/C2=CC(Cc3ccc(N=C(N)N)cc3)OC2=O)C12CO2)C(=O)NC1=NCC=N1. The minimum atomic E-state index is -0.762. The normalized spacial score (nSPS) is 36.4. The Balaban J connectivity index is 1.25. The van der Waals surface area contributed by atoms with Crippen LogP contribution in [0, 0.1) is 22.7 Å². The summed E-state index contributed by atoms with van der Waals surface area (Å²) in [7, 11) is 0. The summed E-state index contributed by atoms with van der Waals surface area (Å²) < 4.78 is 12.0. The van der Waals surface area contributed by atoms with Crippen molar-refractivity contribution < 1.29 is 29.3 Å². The average Bonchev–Trinajstić information content (AvgIpc) is 3.49. The topological polar surface area (TPSA) is 210 Å². The fourth-order valence-corrected chi connectivity index (χ4v) is 8.31. The van der Waals surface area contributed by atoms with E-state index >= 15 is 0 Å². The number of rotatable bonds is 9. The van der Waals surface area contributed by atoms with E-state index in [-0.39, 0.29) is 41.8 Å². The number of hydrogen-bond donors (Lipinski definition) is 6. The molecule has 47 heavy (non-hydrogen) atoms. The highest BCUT2D eigenvalue weighted by molar-refractivity contribution is 6.04. The summed E-state index contributed by atoms with van der Waals surface area (Å²) in [6, 6.07) is 6.54. The van der Waals surface area contributed by atoms with Gasteiger partial charge in [-0.1, -0.05) is 38.1 Å². The highest BCUT2D eigenvalue weighted by atomic mass is 16.6. The number of aliphatic hydroxyl groups is 2. The largest absolute Gasteiger partial charge is 0.454 e. The molecule has 6 unspecified atom stereocenters. The van der Waals surface area contributed by atoms with Crippen LogP contribution in [0.2, 0.25) is 0 Å². The van der Waals surface area contributed by atoms with Crippen LogP contribution in [-0.2, 0) is 25.5 Å². The zero-order valence-electron chi connectivity index (χ0n) is 27.1. The van der Waals surface area contributed by atoms with Gasteiger partial charge in [0.2, 0.25) is 11.9 Å². The number of carbonyl (C=O) groups excluding carboxylic acids is 2. The number of fused-ring (bicyclic) bond motifs is 1. The third-order valence-corrected chi connectivity index (χ3v) is 11.0. The van der Waals surface area contributed by atoms with Crippen molar-refractivity contribution in [3.8, 4) is 0 Å². The molecule has 1 aromatic carbocycles. The number of guanidine groups is 2. The maximum absolute atomic E-state index is 13.1. The number of hydrogen-bond acceptors (Lipinski definition) is 10. The van der Waals surface area contributed by atoms with Gasteiger partial charge in [-0.25, -0.2) is 19.8 Å². The van der Waals surface area contributed by atoms with Crippen LogP contribution < -0.4 is 22.1 Å². The lowest BCUT2D eigenvalue weighted by molar-refractivity contribution is -0.174. The molecule has 1 amide bonds. The molecule has 0 radical (unpaired) electrons. The molecule has 1 saturated heterocycles. The molecular formula is C34H45N7O6. The van der Waals surface area contributed by atoms with Gasteiger partial charge in [-0.3, -0.25) is 10.1 Å². The van der Waals surface area contributed by atoms with Crippen molar-refractivity contribution in [3.05, 3.63) is 53.6 Å². The van der Waals surface area contributed by atoms with Gasteiger partial charge in [-0.05, 0) is 61.3 Å². The van der Waals surface area contributed by atoms with Crippen LogP contribution in [0.5, 0.6) is 0 Å². The molecule has 1 spiro atoms. The molecule has 5 aliphatic rings. The summed E-state index contributed by atoms with van der Waals surface area (Å²) in [5.41, 5.74) is 11.2. The quantitative estimate of drug-likeness (QED) is 0.0976. The molecule has 2 aliphatic carbocycles. The lowest BCUT2D eigenvalue weighted by Gasteiger charge is -2.62. The molecule has 3 heterocycles. The van der Waals surface area contributed by atoms with Crippen LogP contribution in [0.1, 0.15) is 45.6 Å². The van der Waals surface area contributed by atoms with E-state index in [1.807, 2.05) is 31.2 Å². The van der Waals surface area contributed by atoms with Gasteiger partial charge in [-0.2, -0.15) is 0 Å². The van der Waals surface area contributed by atoms with Crippen LogP contribution in [0.25, 0.3) is 0 Å². The van der Waals surface area contributed by atoms with E-state index in [9.17, 15) is 19.8 Å². The first-order chi connectivity index (χ1) is 22.4. The van der Waals surface area contributed by atoms with Gasteiger partial charge in [0.1, 0.15) is 11.7 Å². The summed E-state index contributed by atoms with van der Waals surface area (Å²) >= 11 is 0. The van der Waals surface area contributed by atoms with E-state index in [1.165, 1.54) is 0 Å². The standard InChI is InChI=1S/C34H45N7O6/c1-19(28(44)41-31-37-12-13-38-31)39-26-16-25-32(2,11-10-27(43)33(25,3)17-42)24(34(26)18-46-34)9-6-21-15-23(47-29(21)45)14-20-4-7-22(8-5-20)40-30(35)36/h4-9,12,15,19,23-27,39,42-43H,10-11,13-14,16-18H2,1-3H3,(H4,35,36,40)(H,38,41,44)/b9-6+/t19?,23?,24?,25?,26?,27-,32-,33+,34?/m1/s1. The lowest BCUT2D eigenvalue weighted by atomic mass is 9.44. The van der Waals surface area contributed by atoms with Gasteiger partial charge in [0.05, 0.1) is 43.2 Å². The van der Waals surface area contributed by atoms with E-state index in [0.717, 1.165) is 12.0 Å². The number of benzene rings is 1. The number of aliphatic hydroxyl groups excluding tert-OH is 2. The van der Waals surface area contributed by atoms with Crippen LogP contribution in [0.3, 0.4) is 0 Å². The second-order valence-corrected chi connectivity index (χ2v) is 14.0. The summed E-state index contributed by atoms with van der Waals surface area (Å²) in [4.78, 5) is 38.4.